The zero-order valence-corrected chi connectivity index (χ0v) is 11.8. The average Bonchev–Trinajstić information content (AvgIpc) is 2.90. The number of hydrogen-bond acceptors (Lipinski definition) is 3. The number of anilines is 1. The van der Waals surface area contributed by atoms with Crippen molar-refractivity contribution in [2.75, 3.05) is 5.73 Å². The van der Waals surface area contributed by atoms with Gasteiger partial charge in [0.25, 0.3) is 0 Å². The van der Waals surface area contributed by atoms with E-state index in [9.17, 15) is 0 Å². The highest BCUT2D eigenvalue weighted by atomic mass is 16.3. The zero-order valence-electron chi connectivity index (χ0n) is 11.8. The van der Waals surface area contributed by atoms with Crippen molar-refractivity contribution in [3.63, 3.8) is 0 Å². The van der Waals surface area contributed by atoms with Crippen molar-refractivity contribution in [3.05, 3.63) is 47.5 Å². The minimum absolute atomic E-state index is 0.656. The van der Waals surface area contributed by atoms with Gasteiger partial charge < -0.3 is 10.2 Å². The fraction of sp³-hybridized carbons (Fsp3) is 0.235. The third kappa shape index (κ3) is 2.16. The summed E-state index contributed by atoms with van der Waals surface area (Å²) in [5, 5.41) is 0. The van der Waals surface area contributed by atoms with Crippen molar-refractivity contribution in [2.45, 2.75) is 26.7 Å². The number of hydrogen-bond donors (Lipinski definition) is 1. The van der Waals surface area contributed by atoms with Gasteiger partial charge in [0, 0.05) is 11.3 Å². The normalized spacial score (nSPS) is 11.1. The van der Waals surface area contributed by atoms with Crippen molar-refractivity contribution in [2.24, 2.45) is 0 Å². The number of nitrogens with two attached hydrogens (primary N) is 1. The van der Waals surface area contributed by atoms with Crippen molar-refractivity contribution in [1.29, 1.82) is 0 Å². The van der Waals surface area contributed by atoms with Crippen LogP contribution in [0.4, 0.5) is 5.69 Å². The Kier molecular flexibility index (Phi) is 3.18. The summed E-state index contributed by atoms with van der Waals surface area (Å²) in [5.41, 5.74) is 11.7. The third-order valence-electron chi connectivity index (χ3n) is 3.58. The molecule has 0 saturated carbocycles. The summed E-state index contributed by atoms with van der Waals surface area (Å²) >= 11 is 0. The second-order valence-electron chi connectivity index (χ2n) is 4.95. The first-order valence-corrected chi connectivity index (χ1v) is 6.99. The molecule has 3 nitrogen and oxygen atoms in total. The van der Waals surface area contributed by atoms with Crippen molar-refractivity contribution < 1.29 is 4.42 Å². The maximum atomic E-state index is 5.94. The highest BCUT2D eigenvalue weighted by Gasteiger charge is 2.11. The van der Waals surface area contributed by atoms with Gasteiger partial charge in [-0.1, -0.05) is 26.0 Å². The molecule has 1 aromatic heterocycles. The van der Waals surface area contributed by atoms with Gasteiger partial charge in [-0.05, 0) is 48.2 Å². The van der Waals surface area contributed by atoms with Crippen LogP contribution in [0, 0.1) is 0 Å². The summed E-state index contributed by atoms with van der Waals surface area (Å²) in [5.74, 6) is 0.656. The van der Waals surface area contributed by atoms with Crippen LogP contribution in [0.15, 0.2) is 40.8 Å². The average molecular weight is 266 g/mol. The lowest BCUT2D eigenvalue weighted by Gasteiger charge is -1.99. The molecule has 0 spiro atoms. The highest BCUT2D eigenvalue weighted by molar-refractivity contribution is 5.82. The molecular formula is C17H18N2O. The second kappa shape index (κ2) is 5.00. The first-order valence-electron chi connectivity index (χ1n) is 6.99. The van der Waals surface area contributed by atoms with E-state index in [-0.39, 0.29) is 0 Å². The Morgan fingerprint density at radius 1 is 1.05 bits per heavy atom. The molecule has 3 rings (SSSR count). The third-order valence-corrected chi connectivity index (χ3v) is 3.58. The fourth-order valence-corrected chi connectivity index (χ4v) is 2.40. The Bertz CT molecular complexity index is 742. The first kappa shape index (κ1) is 12.7. The van der Waals surface area contributed by atoms with E-state index in [1.165, 1.54) is 5.56 Å². The maximum absolute atomic E-state index is 5.94. The van der Waals surface area contributed by atoms with Crippen LogP contribution in [0.3, 0.4) is 0 Å². The number of nitrogens with zero attached hydrogens (tertiary/aromatic N) is 1. The minimum Gasteiger partial charge on any atom is -0.436 e. The maximum Gasteiger partial charge on any atom is 0.227 e. The summed E-state index contributed by atoms with van der Waals surface area (Å²) in [4.78, 5) is 4.56. The van der Waals surface area contributed by atoms with E-state index >= 15 is 0 Å². The molecular weight excluding hydrogens is 248 g/mol. The van der Waals surface area contributed by atoms with E-state index in [1.54, 1.807) is 0 Å². The lowest BCUT2D eigenvalue weighted by atomic mass is 10.1. The lowest BCUT2D eigenvalue weighted by Crippen LogP contribution is -1.88. The molecule has 2 N–H and O–H groups in total. The predicted molar refractivity (Wildman–Crippen MR) is 82.6 cm³/mol. The van der Waals surface area contributed by atoms with Gasteiger partial charge in [0.1, 0.15) is 5.52 Å². The Labute approximate surface area is 118 Å². The van der Waals surface area contributed by atoms with E-state index in [1.807, 2.05) is 12.1 Å². The van der Waals surface area contributed by atoms with E-state index in [0.29, 0.717) is 5.89 Å². The van der Waals surface area contributed by atoms with Gasteiger partial charge in [-0.3, -0.25) is 0 Å². The lowest BCUT2D eigenvalue weighted by molar-refractivity contribution is 0.615. The molecule has 102 valence electrons. The van der Waals surface area contributed by atoms with Gasteiger partial charge in [0.05, 0.1) is 0 Å². The molecule has 3 heteroatoms. The molecule has 3 aromatic rings. The predicted octanol–water partition coefficient (Wildman–Crippen LogP) is 4.20. The summed E-state index contributed by atoms with van der Waals surface area (Å²) in [6.45, 7) is 4.23. The molecule has 0 radical (unpaired) electrons. The van der Waals surface area contributed by atoms with Crippen molar-refractivity contribution >= 4 is 16.8 Å². The highest BCUT2D eigenvalue weighted by Crippen LogP contribution is 2.29. The molecule has 1 heterocycles. The first-order chi connectivity index (χ1) is 9.71. The van der Waals surface area contributed by atoms with Gasteiger partial charge in [0.15, 0.2) is 5.58 Å². The number of nitrogen functional groups attached to an aromatic ring is 1. The molecule has 20 heavy (non-hydrogen) atoms. The number of aryl methyl sites for hydroxylation is 2. The molecule has 0 atom stereocenters. The second-order valence-corrected chi connectivity index (χ2v) is 4.95. The number of rotatable bonds is 3. The fourth-order valence-electron chi connectivity index (χ4n) is 2.40. The molecule has 0 aliphatic carbocycles. The largest absolute Gasteiger partial charge is 0.436 e. The topological polar surface area (TPSA) is 52.0 Å². The molecule has 0 saturated heterocycles. The smallest absolute Gasteiger partial charge is 0.227 e. The molecule has 0 aliphatic rings. The van der Waals surface area contributed by atoms with Crippen LogP contribution >= 0.6 is 0 Å². The van der Waals surface area contributed by atoms with Crippen molar-refractivity contribution in [1.82, 2.24) is 4.98 Å². The Morgan fingerprint density at radius 2 is 1.80 bits per heavy atom. The number of fused-ring (bicyclic) bond motifs is 1. The van der Waals surface area contributed by atoms with Crippen molar-refractivity contribution in [3.8, 4) is 11.5 Å². The van der Waals surface area contributed by atoms with Gasteiger partial charge in [0.2, 0.25) is 5.89 Å². The Balaban J connectivity index is 2.12. The van der Waals surface area contributed by atoms with Crippen LogP contribution in [0.2, 0.25) is 0 Å². The van der Waals surface area contributed by atoms with Crippen LogP contribution < -0.4 is 5.73 Å². The molecule has 2 aromatic carbocycles. The number of oxazole rings is 1. The van der Waals surface area contributed by atoms with Crippen LogP contribution in [-0.4, -0.2) is 4.98 Å². The van der Waals surface area contributed by atoms with Crippen LogP contribution in [0.25, 0.3) is 22.6 Å². The van der Waals surface area contributed by atoms with E-state index in [2.05, 4.69) is 43.1 Å². The standard InChI is InChI=1S/C17H18N2O/c1-3-11-5-7-13(8-6-11)17-19-15-10-14(18)9-12(4-2)16(15)20-17/h5-10H,3-4,18H2,1-2H3. The Morgan fingerprint density at radius 3 is 2.45 bits per heavy atom. The monoisotopic (exact) mass is 266 g/mol. The van der Waals surface area contributed by atoms with Crippen LogP contribution in [0.5, 0.6) is 0 Å². The minimum atomic E-state index is 0.656. The molecule has 0 unspecified atom stereocenters. The molecule has 0 bridgehead atoms. The summed E-state index contributed by atoms with van der Waals surface area (Å²) in [7, 11) is 0. The van der Waals surface area contributed by atoms with E-state index in [4.69, 9.17) is 10.2 Å². The quantitative estimate of drug-likeness (QED) is 0.723. The van der Waals surface area contributed by atoms with E-state index < -0.39 is 0 Å². The van der Waals surface area contributed by atoms with Crippen LogP contribution in [-0.2, 0) is 12.8 Å². The molecule has 0 amide bonds. The molecule has 0 fully saturated rings. The SMILES string of the molecule is CCc1ccc(-c2nc3cc(N)cc(CC)c3o2)cc1. The number of aromatic nitrogens is 1. The molecule has 0 aliphatic heterocycles. The van der Waals surface area contributed by atoms with Gasteiger partial charge in [-0.25, -0.2) is 4.98 Å². The summed E-state index contributed by atoms with van der Waals surface area (Å²) < 4.78 is 5.94. The zero-order chi connectivity index (χ0) is 14.1. The Hall–Kier alpha value is -2.29. The van der Waals surface area contributed by atoms with Gasteiger partial charge >= 0.3 is 0 Å². The summed E-state index contributed by atoms with van der Waals surface area (Å²) in [6.07, 6.45) is 1.91. The van der Waals surface area contributed by atoms with Gasteiger partial charge in [-0.2, -0.15) is 0 Å². The van der Waals surface area contributed by atoms with Crippen LogP contribution in [0.1, 0.15) is 25.0 Å². The van der Waals surface area contributed by atoms with Gasteiger partial charge in [-0.15, -0.1) is 0 Å². The number of benzene rings is 2. The summed E-state index contributed by atoms with van der Waals surface area (Å²) in [6, 6.07) is 12.1. The van der Waals surface area contributed by atoms with E-state index in [0.717, 1.165) is 40.8 Å².